The molecule has 10 heteroatoms. The van der Waals surface area contributed by atoms with Crippen LogP contribution in [0.1, 0.15) is 12.5 Å². The number of carbonyl (C=O) groups excluding carboxylic acids is 1. The normalized spacial score (nSPS) is 10.7. The fourth-order valence-corrected chi connectivity index (χ4v) is 3.99. The summed E-state index contributed by atoms with van der Waals surface area (Å²) < 4.78 is 7.06. The number of amides is 1. The van der Waals surface area contributed by atoms with Gasteiger partial charge in [0.1, 0.15) is 22.3 Å². The third-order valence-electron chi connectivity index (χ3n) is 4.84. The zero-order chi connectivity index (χ0) is 23.4. The maximum atomic E-state index is 12.5. The fraction of sp³-hybridized carbons (Fsp3) is 0.174. The lowest BCUT2D eigenvalue weighted by molar-refractivity contribution is -0.384. The molecule has 0 aliphatic heterocycles. The highest BCUT2D eigenvalue weighted by atomic mass is 32.1. The molecule has 0 aliphatic rings. The topological polar surface area (TPSA) is 112 Å². The number of anilines is 1. The number of benzene rings is 2. The van der Waals surface area contributed by atoms with Crippen LogP contribution in [0, 0.1) is 10.1 Å². The van der Waals surface area contributed by atoms with E-state index in [0.717, 1.165) is 22.0 Å². The lowest BCUT2D eigenvalue weighted by Crippen LogP contribution is -2.16. The minimum absolute atomic E-state index is 0.0107. The molecule has 4 aromatic rings. The molecule has 0 atom stereocenters. The minimum atomic E-state index is -0.471. The Labute approximate surface area is 193 Å². The number of aryl methyl sites for hydroxylation is 1. The second kappa shape index (κ2) is 9.61. The Morgan fingerprint density at radius 3 is 2.55 bits per heavy atom. The van der Waals surface area contributed by atoms with Crippen LogP contribution in [0.4, 0.5) is 11.5 Å². The molecule has 2 aromatic carbocycles. The van der Waals surface area contributed by atoms with Gasteiger partial charge in [0, 0.05) is 36.2 Å². The van der Waals surface area contributed by atoms with Crippen molar-refractivity contribution >= 4 is 28.7 Å². The monoisotopic (exact) mass is 463 g/mol. The SMILES string of the molecule is CCOc1ccc(-c2csc(-c3cc(NC(=O)Cc4ccc([N+](=O)[O-])cc4)n(C)n3)n2)cc1. The maximum Gasteiger partial charge on any atom is 0.269 e. The average Bonchev–Trinajstić information content (AvgIpc) is 3.42. The second-order valence-corrected chi connectivity index (χ2v) is 8.04. The lowest BCUT2D eigenvalue weighted by Gasteiger charge is -2.05. The van der Waals surface area contributed by atoms with Gasteiger partial charge >= 0.3 is 0 Å². The Bertz CT molecular complexity index is 1280. The largest absolute Gasteiger partial charge is 0.494 e. The Morgan fingerprint density at radius 1 is 1.15 bits per heavy atom. The third kappa shape index (κ3) is 5.24. The first-order valence-corrected chi connectivity index (χ1v) is 11.1. The van der Waals surface area contributed by atoms with Crippen molar-refractivity contribution in [2.45, 2.75) is 13.3 Å². The number of ether oxygens (including phenoxy) is 1. The van der Waals surface area contributed by atoms with Gasteiger partial charge in [-0.15, -0.1) is 11.3 Å². The van der Waals surface area contributed by atoms with Crippen molar-refractivity contribution in [1.29, 1.82) is 0 Å². The molecule has 0 fully saturated rings. The van der Waals surface area contributed by atoms with Crippen molar-refractivity contribution in [3.05, 3.63) is 75.7 Å². The summed E-state index contributed by atoms with van der Waals surface area (Å²) in [5.74, 6) is 1.11. The van der Waals surface area contributed by atoms with Crippen LogP contribution in [0.2, 0.25) is 0 Å². The molecule has 0 unspecified atom stereocenters. The Balaban J connectivity index is 1.44. The summed E-state index contributed by atoms with van der Waals surface area (Å²) in [4.78, 5) is 27.4. The molecule has 2 heterocycles. The van der Waals surface area contributed by atoms with Crippen LogP contribution in [-0.4, -0.2) is 32.2 Å². The van der Waals surface area contributed by atoms with Crippen molar-refractivity contribution in [3.63, 3.8) is 0 Å². The zero-order valence-electron chi connectivity index (χ0n) is 18.0. The van der Waals surface area contributed by atoms with E-state index < -0.39 is 4.92 Å². The van der Waals surface area contributed by atoms with Crippen molar-refractivity contribution in [3.8, 4) is 27.7 Å². The summed E-state index contributed by atoms with van der Waals surface area (Å²) in [7, 11) is 1.74. The number of rotatable bonds is 8. The van der Waals surface area contributed by atoms with E-state index in [1.54, 1.807) is 29.9 Å². The molecule has 1 amide bonds. The number of nitro benzene ring substituents is 1. The van der Waals surface area contributed by atoms with E-state index in [1.165, 1.54) is 23.5 Å². The molecule has 2 aromatic heterocycles. The standard InChI is InChI=1S/C23H21N5O4S/c1-3-32-18-10-6-16(7-11-18)20-14-33-23(24-20)19-13-21(27(2)26-19)25-22(29)12-15-4-8-17(9-5-15)28(30)31/h4-11,13-14H,3,12H2,1-2H3,(H,25,29). The Morgan fingerprint density at radius 2 is 1.88 bits per heavy atom. The first-order valence-electron chi connectivity index (χ1n) is 10.2. The number of hydrogen-bond acceptors (Lipinski definition) is 7. The zero-order valence-corrected chi connectivity index (χ0v) is 18.8. The van der Waals surface area contributed by atoms with Crippen LogP contribution in [0.3, 0.4) is 0 Å². The predicted octanol–water partition coefficient (Wildman–Crippen LogP) is 4.70. The number of aromatic nitrogens is 3. The van der Waals surface area contributed by atoms with Crippen LogP contribution in [-0.2, 0) is 18.3 Å². The summed E-state index contributed by atoms with van der Waals surface area (Å²) >= 11 is 1.47. The number of nitrogens with one attached hydrogen (secondary N) is 1. The van der Waals surface area contributed by atoms with Crippen molar-refractivity contribution in [2.24, 2.45) is 7.05 Å². The molecule has 1 N–H and O–H groups in total. The van der Waals surface area contributed by atoms with Gasteiger partial charge in [0.25, 0.3) is 5.69 Å². The van der Waals surface area contributed by atoms with Gasteiger partial charge in [-0.3, -0.25) is 19.6 Å². The smallest absolute Gasteiger partial charge is 0.269 e. The van der Waals surface area contributed by atoms with Crippen LogP contribution < -0.4 is 10.1 Å². The highest BCUT2D eigenvalue weighted by Crippen LogP contribution is 2.30. The number of hydrogen-bond donors (Lipinski definition) is 1. The fourth-order valence-electron chi connectivity index (χ4n) is 3.21. The molecule has 0 aliphatic carbocycles. The van der Waals surface area contributed by atoms with Gasteiger partial charge in [-0.05, 0) is 36.8 Å². The summed E-state index contributed by atoms with van der Waals surface area (Å²) in [6.07, 6.45) is 0.0949. The Hall–Kier alpha value is -4.05. The first-order chi connectivity index (χ1) is 15.9. The van der Waals surface area contributed by atoms with E-state index in [1.807, 2.05) is 36.6 Å². The third-order valence-corrected chi connectivity index (χ3v) is 5.71. The molecular weight excluding hydrogens is 442 g/mol. The van der Waals surface area contributed by atoms with Gasteiger partial charge in [0.05, 0.1) is 23.6 Å². The van der Waals surface area contributed by atoms with Gasteiger partial charge in [0.15, 0.2) is 0 Å². The molecule has 33 heavy (non-hydrogen) atoms. The van der Waals surface area contributed by atoms with Crippen LogP contribution in [0.25, 0.3) is 22.0 Å². The first kappa shape index (κ1) is 22.2. The lowest BCUT2D eigenvalue weighted by atomic mass is 10.1. The minimum Gasteiger partial charge on any atom is -0.494 e. The average molecular weight is 464 g/mol. The summed E-state index contributed by atoms with van der Waals surface area (Å²) in [6.45, 7) is 2.56. The number of nitro groups is 1. The van der Waals surface area contributed by atoms with Gasteiger partial charge < -0.3 is 10.1 Å². The van der Waals surface area contributed by atoms with Gasteiger partial charge in [-0.1, -0.05) is 12.1 Å². The maximum absolute atomic E-state index is 12.5. The van der Waals surface area contributed by atoms with Crippen LogP contribution in [0.15, 0.2) is 60.0 Å². The van der Waals surface area contributed by atoms with E-state index in [4.69, 9.17) is 4.74 Å². The van der Waals surface area contributed by atoms with Gasteiger partial charge in [-0.25, -0.2) is 4.98 Å². The van der Waals surface area contributed by atoms with Crippen molar-refractivity contribution in [2.75, 3.05) is 11.9 Å². The van der Waals surface area contributed by atoms with Crippen molar-refractivity contribution in [1.82, 2.24) is 14.8 Å². The molecule has 0 bridgehead atoms. The van der Waals surface area contributed by atoms with E-state index in [2.05, 4.69) is 15.4 Å². The molecule has 0 saturated heterocycles. The van der Waals surface area contributed by atoms with Gasteiger partial charge in [0.2, 0.25) is 5.91 Å². The Kier molecular flexibility index (Phi) is 6.45. The number of thiazole rings is 1. The molecule has 9 nitrogen and oxygen atoms in total. The number of nitrogens with zero attached hydrogens (tertiary/aromatic N) is 4. The molecule has 168 valence electrons. The quantitative estimate of drug-likeness (QED) is 0.299. The van der Waals surface area contributed by atoms with E-state index in [-0.39, 0.29) is 18.0 Å². The highest BCUT2D eigenvalue weighted by molar-refractivity contribution is 7.13. The van der Waals surface area contributed by atoms with E-state index >= 15 is 0 Å². The summed E-state index contributed by atoms with van der Waals surface area (Å²) in [5.41, 5.74) is 3.15. The molecule has 0 saturated carbocycles. The molecule has 0 spiro atoms. The molecule has 4 rings (SSSR count). The van der Waals surface area contributed by atoms with E-state index in [0.29, 0.717) is 23.7 Å². The van der Waals surface area contributed by atoms with Gasteiger partial charge in [-0.2, -0.15) is 5.10 Å². The molecular formula is C23H21N5O4S. The number of non-ortho nitro benzene ring substituents is 1. The van der Waals surface area contributed by atoms with Crippen LogP contribution in [0.5, 0.6) is 5.75 Å². The highest BCUT2D eigenvalue weighted by Gasteiger charge is 2.15. The summed E-state index contributed by atoms with van der Waals surface area (Å²) in [5, 5.41) is 20.8. The molecule has 0 radical (unpaired) electrons. The van der Waals surface area contributed by atoms with Crippen LogP contribution >= 0.6 is 11.3 Å². The summed E-state index contributed by atoms with van der Waals surface area (Å²) in [6, 6.07) is 15.4. The van der Waals surface area contributed by atoms with E-state index in [9.17, 15) is 14.9 Å². The predicted molar refractivity (Wildman–Crippen MR) is 126 cm³/mol. The number of carbonyl (C=O) groups is 1. The van der Waals surface area contributed by atoms with Crippen molar-refractivity contribution < 1.29 is 14.5 Å². The second-order valence-electron chi connectivity index (χ2n) is 7.18.